The molecular formula is C21H23NO4S. The first kappa shape index (κ1) is 19.2. The second-order valence-electron chi connectivity index (χ2n) is 6.47. The van der Waals surface area contributed by atoms with Crippen molar-refractivity contribution in [3.63, 3.8) is 0 Å². The van der Waals surface area contributed by atoms with Gasteiger partial charge in [-0.05, 0) is 60.5 Å². The van der Waals surface area contributed by atoms with Gasteiger partial charge in [0.05, 0.1) is 18.0 Å². The van der Waals surface area contributed by atoms with Crippen LogP contribution in [-0.2, 0) is 10.0 Å². The average molecular weight is 385 g/mol. The summed E-state index contributed by atoms with van der Waals surface area (Å²) in [5.41, 5.74) is 1.01. The molecular weight excluding hydrogens is 362 g/mol. The Hall–Kier alpha value is -2.57. The molecule has 0 heterocycles. The zero-order chi connectivity index (χ0) is 19.4. The lowest BCUT2D eigenvalue weighted by atomic mass is 10.1. The van der Waals surface area contributed by atoms with Gasteiger partial charge in [0.2, 0.25) is 10.0 Å². The van der Waals surface area contributed by atoms with Crippen LogP contribution in [0.5, 0.6) is 11.5 Å². The Balaban J connectivity index is 1.72. The van der Waals surface area contributed by atoms with Gasteiger partial charge in [0.15, 0.2) is 0 Å². The van der Waals surface area contributed by atoms with Crippen molar-refractivity contribution in [3.8, 4) is 11.5 Å². The van der Waals surface area contributed by atoms with Gasteiger partial charge >= 0.3 is 0 Å². The van der Waals surface area contributed by atoms with Gasteiger partial charge in [-0.25, -0.2) is 13.1 Å². The molecule has 0 aliphatic heterocycles. The minimum absolute atomic E-state index is 0.225. The lowest BCUT2D eigenvalue weighted by Gasteiger charge is -2.16. The van der Waals surface area contributed by atoms with E-state index in [1.807, 2.05) is 49.4 Å². The number of para-hydroxylation sites is 1. The van der Waals surface area contributed by atoms with Crippen LogP contribution in [0.15, 0.2) is 65.6 Å². The molecule has 142 valence electrons. The summed E-state index contributed by atoms with van der Waals surface area (Å²) in [6.45, 7) is 3.98. The van der Waals surface area contributed by atoms with E-state index in [2.05, 4.69) is 4.72 Å². The second-order valence-corrected chi connectivity index (χ2v) is 8.19. The summed E-state index contributed by atoms with van der Waals surface area (Å²) >= 11 is 0. The molecule has 3 aromatic rings. The first-order valence-electron chi connectivity index (χ1n) is 8.67. The molecule has 0 saturated carbocycles. The molecule has 3 aromatic carbocycles. The van der Waals surface area contributed by atoms with E-state index >= 15 is 0 Å². The SMILES string of the molecule is COc1ccc2cc(S(=O)(=O)N[C@H](C)COc3ccccc3C)ccc2c1. The van der Waals surface area contributed by atoms with Gasteiger partial charge in [0.1, 0.15) is 18.1 Å². The Morgan fingerprint density at radius 2 is 1.70 bits per heavy atom. The second kappa shape index (κ2) is 7.98. The number of methoxy groups -OCH3 is 1. The molecule has 0 saturated heterocycles. The van der Waals surface area contributed by atoms with Crippen LogP contribution in [0.4, 0.5) is 0 Å². The van der Waals surface area contributed by atoms with E-state index in [9.17, 15) is 8.42 Å². The molecule has 0 aliphatic rings. The standard InChI is InChI=1S/C21H23NO4S/c1-15-6-4-5-7-21(15)26-14-16(2)22-27(23,24)20-11-9-17-12-19(25-3)10-8-18(17)13-20/h4-13,16,22H,14H2,1-3H3/t16-/m1/s1. The maximum absolute atomic E-state index is 12.7. The van der Waals surface area contributed by atoms with Gasteiger partial charge in [-0.15, -0.1) is 0 Å². The van der Waals surface area contributed by atoms with Crippen molar-refractivity contribution in [3.05, 3.63) is 66.2 Å². The Kier molecular flexibility index (Phi) is 5.68. The molecule has 0 radical (unpaired) electrons. The van der Waals surface area contributed by atoms with E-state index in [0.717, 1.165) is 27.8 Å². The third kappa shape index (κ3) is 4.59. The van der Waals surface area contributed by atoms with Crippen molar-refractivity contribution in [2.24, 2.45) is 0 Å². The molecule has 0 bridgehead atoms. The lowest BCUT2D eigenvalue weighted by Crippen LogP contribution is -2.36. The summed E-state index contributed by atoms with van der Waals surface area (Å²) in [4.78, 5) is 0.225. The summed E-state index contributed by atoms with van der Waals surface area (Å²) in [6, 6.07) is 17.8. The van der Waals surface area contributed by atoms with Crippen LogP contribution in [0.3, 0.4) is 0 Å². The van der Waals surface area contributed by atoms with Crippen LogP contribution in [0.2, 0.25) is 0 Å². The van der Waals surface area contributed by atoms with Gasteiger partial charge in [-0.1, -0.05) is 30.3 Å². The van der Waals surface area contributed by atoms with E-state index in [-0.39, 0.29) is 17.5 Å². The summed E-state index contributed by atoms with van der Waals surface area (Å²) < 4.78 is 39.0. The van der Waals surface area contributed by atoms with Gasteiger partial charge < -0.3 is 9.47 Å². The summed E-state index contributed by atoms with van der Waals surface area (Å²) in [7, 11) is -2.04. The molecule has 27 heavy (non-hydrogen) atoms. The van der Waals surface area contributed by atoms with E-state index in [1.165, 1.54) is 0 Å². The van der Waals surface area contributed by atoms with Gasteiger partial charge in [-0.2, -0.15) is 0 Å². The topological polar surface area (TPSA) is 64.6 Å². The molecule has 1 atom stereocenters. The van der Waals surface area contributed by atoms with Crippen molar-refractivity contribution in [1.29, 1.82) is 0 Å². The fourth-order valence-corrected chi connectivity index (χ4v) is 4.06. The van der Waals surface area contributed by atoms with Crippen LogP contribution in [0, 0.1) is 6.92 Å². The molecule has 0 aliphatic carbocycles. The minimum atomic E-state index is -3.64. The Morgan fingerprint density at radius 1 is 1.00 bits per heavy atom. The van der Waals surface area contributed by atoms with E-state index < -0.39 is 10.0 Å². The highest BCUT2D eigenvalue weighted by atomic mass is 32.2. The molecule has 6 heteroatoms. The highest BCUT2D eigenvalue weighted by Gasteiger charge is 2.18. The normalized spacial score (nSPS) is 12.7. The van der Waals surface area contributed by atoms with Crippen LogP contribution >= 0.6 is 0 Å². The maximum Gasteiger partial charge on any atom is 0.240 e. The number of sulfonamides is 1. The van der Waals surface area contributed by atoms with Crippen LogP contribution in [0.1, 0.15) is 12.5 Å². The quantitative estimate of drug-likeness (QED) is 0.670. The fourth-order valence-electron chi connectivity index (χ4n) is 2.80. The largest absolute Gasteiger partial charge is 0.497 e. The van der Waals surface area contributed by atoms with E-state index in [1.54, 1.807) is 32.2 Å². The molecule has 0 amide bonds. The Morgan fingerprint density at radius 3 is 2.44 bits per heavy atom. The molecule has 0 spiro atoms. The van der Waals surface area contributed by atoms with Crippen LogP contribution < -0.4 is 14.2 Å². The maximum atomic E-state index is 12.7. The molecule has 1 N–H and O–H groups in total. The van der Waals surface area contributed by atoms with Gasteiger partial charge in [-0.3, -0.25) is 0 Å². The van der Waals surface area contributed by atoms with Crippen LogP contribution in [-0.4, -0.2) is 28.2 Å². The van der Waals surface area contributed by atoms with Crippen LogP contribution in [0.25, 0.3) is 10.8 Å². The Labute approximate surface area is 160 Å². The van der Waals surface area contributed by atoms with E-state index in [4.69, 9.17) is 9.47 Å². The van der Waals surface area contributed by atoms with Gasteiger partial charge in [0.25, 0.3) is 0 Å². The fraction of sp³-hybridized carbons (Fsp3) is 0.238. The molecule has 5 nitrogen and oxygen atoms in total. The first-order chi connectivity index (χ1) is 12.9. The summed E-state index contributed by atoms with van der Waals surface area (Å²) in [5.74, 6) is 1.49. The molecule has 0 unspecified atom stereocenters. The summed E-state index contributed by atoms with van der Waals surface area (Å²) in [5, 5.41) is 1.76. The summed E-state index contributed by atoms with van der Waals surface area (Å²) in [6.07, 6.45) is 0. The van der Waals surface area contributed by atoms with Crippen molar-refractivity contribution in [1.82, 2.24) is 4.72 Å². The van der Waals surface area contributed by atoms with Crippen molar-refractivity contribution in [2.45, 2.75) is 24.8 Å². The number of hydrogen-bond donors (Lipinski definition) is 1. The predicted octanol–water partition coefficient (Wildman–Crippen LogP) is 3.90. The van der Waals surface area contributed by atoms with Gasteiger partial charge in [0, 0.05) is 0 Å². The Bertz CT molecular complexity index is 1050. The molecule has 3 rings (SSSR count). The number of aryl methyl sites for hydroxylation is 1. The molecule has 0 fully saturated rings. The number of nitrogens with one attached hydrogen (secondary N) is 1. The highest BCUT2D eigenvalue weighted by molar-refractivity contribution is 7.89. The third-order valence-corrected chi connectivity index (χ3v) is 5.86. The number of fused-ring (bicyclic) bond motifs is 1. The predicted molar refractivity (Wildman–Crippen MR) is 107 cm³/mol. The van der Waals surface area contributed by atoms with Crippen molar-refractivity contribution < 1.29 is 17.9 Å². The zero-order valence-electron chi connectivity index (χ0n) is 15.6. The lowest BCUT2D eigenvalue weighted by molar-refractivity contribution is 0.286. The number of rotatable bonds is 7. The minimum Gasteiger partial charge on any atom is -0.497 e. The molecule has 0 aromatic heterocycles. The van der Waals surface area contributed by atoms with Crippen molar-refractivity contribution >= 4 is 20.8 Å². The zero-order valence-corrected chi connectivity index (χ0v) is 16.4. The van der Waals surface area contributed by atoms with E-state index in [0.29, 0.717) is 0 Å². The number of hydrogen-bond acceptors (Lipinski definition) is 4. The third-order valence-electron chi connectivity index (χ3n) is 4.27. The smallest absolute Gasteiger partial charge is 0.240 e. The average Bonchev–Trinajstić information content (AvgIpc) is 2.66. The monoisotopic (exact) mass is 385 g/mol. The number of benzene rings is 3. The highest BCUT2D eigenvalue weighted by Crippen LogP contribution is 2.24. The van der Waals surface area contributed by atoms with Crippen molar-refractivity contribution in [2.75, 3.05) is 13.7 Å². The first-order valence-corrected chi connectivity index (χ1v) is 10.2. The number of ether oxygens (including phenoxy) is 2.